The summed E-state index contributed by atoms with van der Waals surface area (Å²) >= 11 is 1.38. The SMILES string of the molecule is CCN(CCCO)C(=O)c1cc(OC)cs1. The van der Waals surface area contributed by atoms with E-state index in [-0.39, 0.29) is 12.5 Å². The Morgan fingerprint density at radius 3 is 2.88 bits per heavy atom. The van der Waals surface area contributed by atoms with Gasteiger partial charge in [0.1, 0.15) is 5.75 Å². The number of hydrogen-bond donors (Lipinski definition) is 1. The van der Waals surface area contributed by atoms with E-state index in [1.54, 1.807) is 18.1 Å². The summed E-state index contributed by atoms with van der Waals surface area (Å²) < 4.78 is 5.04. The number of rotatable bonds is 6. The van der Waals surface area contributed by atoms with Crippen molar-refractivity contribution < 1.29 is 14.6 Å². The van der Waals surface area contributed by atoms with Crippen molar-refractivity contribution in [3.8, 4) is 5.75 Å². The molecule has 1 rings (SSSR count). The van der Waals surface area contributed by atoms with Crippen LogP contribution in [0.15, 0.2) is 11.4 Å². The van der Waals surface area contributed by atoms with E-state index in [9.17, 15) is 4.79 Å². The van der Waals surface area contributed by atoms with Crippen LogP contribution < -0.4 is 4.74 Å². The van der Waals surface area contributed by atoms with Crippen molar-refractivity contribution in [2.24, 2.45) is 0 Å². The molecular weight excluding hydrogens is 226 g/mol. The van der Waals surface area contributed by atoms with E-state index in [1.807, 2.05) is 12.3 Å². The summed E-state index contributed by atoms with van der Waals surface area (Å²) in [5.74, 6) is 0.718. The summed E-state index contributed by atoms with van der Waals surface area (Å²) in [5.41, 5.74) is 0. The lowest BCUT2D eigenvalue weighted by Gasteiger charge is -2.19. The second-order valence-electron chi connectivity index (χ2n) is 3.31. The van der Waals surface area contributed by atoms with E-state index >= 15 is 0 Å². The lowest BCUT2D eigenvalue weighted by Crippen LogP contribution is -2.31. The molecule has 1 aromatic heterocycles. The molecule has 0 atom stereocenters. The molecule has 0 aliphatic carbocycles. The van der Waals surface area contributed by atoms with Crippen LogP contribution in [0.1, 0.15) is 23.0 Å². The minimum Gasteiger partial charge on any atom is -0.496 e. The molecule has 0 aliphatic rings. The minimum atomic E-state index is 0.00394. The van der Waals surface area contributed by atoms with Gasteiger partial charge in [-0.25, -0.2) is 0 Å². The number of nitrogens with zero attached hydrogens (tertiary/aromatic N) is 1. The van der Waals surface area contributed by atoms with Gasteiger partial charge in [0, 0.05) is 31.1 Å². The first-order valence-electron chi connectivity index (χ1n) is 5.25. The molecule has 0 aromatic carbocycles. The molecule has 90 valence electrons. The van der Waals surface area contributed by atoms with Crippen LogP contribution in [-0.2, 0) is 0 Å². The van der Waals surface area contributed by atoms with E-state index < -0.39 is 0 Å². The molecule has 1 N–H and O–H groups in total. The Morgan fingerprint density at radius 1 is 1.62 bits per heavy atom. The Balaban J connectivity index is 2.66. The molecule has 0 bridgehead atoms. The highest BCUT2D eigenvalue weighted by molar-refractivity contribution is 7.12. The van der Waals surface area contributed by atoms with Crippen molar-refractivity contribution in [3.63, 3.8) is 0 Å². The lowest BCUT2D eigenvalue weighted by atomic mass is 10.3. The number of carbonyl (C=O) groups is 1. The molecule has 0 saturated carbocycles. The van der Waals surface area contributed by atoms with Gasteiger partial charge < -0.3 is 14.7 Å². The zero-order valence-corrected chi connectivity index (χ0v) is 10.4. The Kier molecular flexibility index (Phi) is 5.28. The maximum Gasteiger partial charge on any atom is 0.264 e. The quantitative estimate of drug-likeness (QED) is 0.825. The van der Waals surface area contributed by atoms with Crippen LogP contribution in [-0.4, -0.2) is 42.7 Å². The number of aliphatic hydroxyl groups excluding tert-OH is 1. The van der Waals surface area contributed by atoms with Gasteiger partial charge in [0.25, 0.3) is 5.91 Å². The van der Waals surface area contributed by atoms with Gasteiger partial charge in [-0.15, -0.1) is 11.3 Å². The maximum atomic E-state index is 12.0. The number of carbonyl (C=O) groups excluding carboxylic acids is 1. The number of amides is 1. The molecule has 1 heterocycles. The molecule has 0 spiro atoms. The standard InChI is InChI=1S/C11H17NO3S/c1-3-12(5-4-6-13)11(14)10-7-9(15-2)8-16-10/h7-8,13H,3-6H2,1-2H3. The Morgan fingerprint density at radius 2 is 2.38 bits per heavy atom. The number of hydrogen-bond acceptors (Lipinski definition) is 4. The third kappa shape index (κ3) is 3.21. The van der Waals surface area contributed by atoms with Crippen molar-refractivity contribution in [2.75, 3.05) is 26.8 Å². The zero-order chi connectivity index (χ0) is 12.0. The fourth-order valence-corrected chi connectivity index (χ4v) is 2.18. The van der Waals surface area contributed by atoms with Gasteiger partial charge >= 0.3 is 0 Å². The van der Waals surface area contributed by atoms with Crippen molar-refractivity contribution in [1.82, 2.24) is 4.90 Å². The van der Waals surface area contributed by atoms with Gasteiger partial charge in [0.05, 0.1) is 12.0 Å². The fraction of sp³-hybridized carbons (Fsp3) is 0.545. The smallest absolute Gasteiger partial charge is 0.264 e. The molecule has 0 unspecified atom stereocenters. The van der Waals surface area contributed by atoms with Crippen LogP contribution in [0.25, 0.3) is 0 Å². The van der Waals surface area contributed by atoms with Crippen molar-refractivity contribution in [2.45, 2.75) is 13.3 Å². The normalized spacial score (nSPS) is 10.2. The predicted molar refractivity (Wildman–Crippen MR) is 64.2 cm³/mol. The molecule has 16 heavy (non-hydrogen) atoms. The second-order valence-corrected chi connectivity index (χ2v) is 4.22. The summed E-state index contributed by atoms with van der Waals surface area (Å²) in [4.78, 5) is 14.4. The summed E-state index contributed by atoms with van der Waals surface area (Å²) in [6.45, 7) is 3.28. The van der Waals surface area contributed by atoms with Crippen LogP contribution in [0.3, 0.4) is 0 Å². The van der Waals surface area contributed by atoms with Gasteiger partial charge in [-0.1, -0.05) is 0 Å². The molecule has 0 aliphatic heterocycles. The molecule has 1 amide bonds. The number of thiophene rings is 1. The molecule has 1 aromatic rings. The third-order valence-corrected chi connectivity index (χ3v) is 3.17. The van der Waals surface area contributed by atoms with E-state index in [0.29, 0.717) is 30.1 Å². The van der Waals surface area contributed by atoms with Gasteiger partial charge in [-0.2, -0.15) is 0 Å². The largest absolute Gasteiger partial charge is 0.496 e. The van der Waals surface area contributed by atoms with Gasteiger partial charge in [-0.05, 0) is 13.3 Å². The monoisotopic (exact) mass is 243 g/mol. The topological polar surface area (TPSA) is 49.8 Å². The first kappa shape index (κ1) is 13.0. The van der Waals surface area contributed by atoms with E-state index in [4.69, 9.17) is 9.84 Å². The van der Waals surface area contributed by atoms with E-state index in [2.05, 4.69) is 0 Å². The van der Waals surface area contributed by atoms with Gasteiger partial charge in [0.2, 0.25) is 0 Å². The Bertz CT molecular complexity index is 338. The first-order valence-corrected chi connectivity index (χ1v) is 6.13. The molecule has 5 heteroatoms. The van der Waals surface area contributed by atoms with Crippen LogP contribution in [0.2, 0.25) is 0 Å². The molecule has 4 nitrogen and oxygen atoms in total. The highest BCUT2D eigenvalue weighted by Crippen LogP contribution is 2.22. The third-order valence-electron chi connectivity index (χ3n) is 2.28. The van der Waals surface area contributed by atoms with E-state index in [1.165, 1.54) is 11.3 Å². The predicted octanol–water partition coefficient (Wildman–Crippen LogP) is 1.60. The summed E-state index contributed by atoms with van der Waals surface area (Å²) in [6, 6.07) is 1.74. The van der Waals surface area contributed by atoms with Crippen molar-refractivity contribution in [1.29, 1.82) is 0 Å². The van der Waals surface area contributed by atoms with Gasteiger partial charge in [-0.3, -0.25) is 4.79 Å². The van der Waals surface area contributed by atoms with Crippen LogP contribution >= 0.6 is 11.3 Å². The maximum absolute atomic E-state index is 12.0. The first-order chi connectivity index (χ1) is 7.72. The molecule has 0 fully saturated rings. The average Bonchev–Trinajstić information content (AvgIpc) is 2.78. The fourth-order valence-electron chi connectivity index (χ4n) is 1.36. The van der Waals surface area contributed by atoms with E-state index in [0.717, 1.165) is 0 Å². The highest BCUT2D eigenvalue weighted by atomic mass is 32.1. The van der Waals surface area contributed by atoms with Crippen molar-refractivity contribution in [3.05, 3.63) is 16.3 Å². The minimum absolute atomic E-state index is 0.00394. The average molecular weight is 243 g/mol. The Hall–Kier alpha value is -1.07. The number of aliphatic hydroxyl groups is 1. The lowest BCUT2D eigenvalue weighted by molar-refractivity contribution is 0.0759. The number of methoxy groups -OCH3 is 1. The summed E-state index contributed by atoms with van der Waals surface area (Å²) in [5, 5.41) is 10.6. The molecule has 0 saturated heterocycles. The molecule has 0 radical (unpaired) electrons. The Labute approximate surface area is 99.5 Å². The molecular formula is C11H17NO3S. The van der Waals surface area contributed by atoms with Crippen LogP contribution in [0.5, 0.6) is 5.75 Å². The van der Waals surface area contributed by atoms with Crippen molar-refractivity contribution >= 4 is 17.2 Å². The summed E-state index contributed by atoms with van der Waals surface area (Å²) in [7, 11) is 1.58. The van der Waals surface area contributed by atoms with Crippen LogP contribution in [0.4, 0.5) is 0 Å². The highest BCUT2D eigenvalue weighted by Gasteiger charge is 2.15. The van der Waals surface area contributed by atoms with Gasteiger partial charge in [0.15, 0.2) is 0 Å². The zero-order valence-electron chi connectivity index (χ0n) is 9.60. The number of ether oxygens (including phenoxy) is 1. The van der Waals surface area contributed by atoms with Crippen LogP contribution in [0, 0.1) is 0 Å². The second kappa shape index (κ2) is 6.50. The summed E-state index contributed by atoms with van der Waals surface area (Å²) in [6.07, 6.45) is 0.613.